The number of aromatic amines is 4. The fraction of sp³-hybridized carbons (Fsp3) is 0.118. The van der Waals surface area contributed by atoms with Crippen LogP contribution in [0.4, 0.5) is 0 Å². The number of hydrogen-bond acceptors (Lipinski definition) is 3. The van der Waals surface area contributed by atoms with E-state index in [9.17, 15) is 9.59 Å². The Morgan fingerprint density at radius 1 is 0.667 bits per heavy atom. The van der Waals surface area contributed by atoms with Gasteiger partial charge in [-0.2, -0.15) is 0 Å². The van der Waals surface area contributed by atoms with E-state index in [-0.39, 0.29) is 17.7 Å². The number of ether oxygens (including phenoxy) is 1. The van der Waals surface area contributed by atoms with Crippen molar-refractivity contribution in [2.45, 2.75) is 26.4 Å². The van der Waals surface area contributed by atoms with E-state index >= 15 is 0 Å². The largest absolute Gasteiger partial charge is 0.489 e. The highest BCUT2D eigenvalue weighted by Gasteiger charge is 2.31. The lowest BCUT2D eigenvalue weighted by Gasteiger charge is -2.19. The number of hydrogen-bond donors (Lipinski definition) is 4. The molecule has 0 spiro atoms. The summed E-state index contributed by atoms with van der Waals surface area (Å²) in [5.74, 6) is -0.142. The molecule has 2 aromatic heterocycles. The molecule has 0 aliphatic carbocycles. The van der Waals surface area contributed by atoms with E-state index in [1.54, 1.807) is 0 Å². The van der Waals surface area contributed by atoms with Crippen molar-refractivity contribution in [2.75, 3.05) is 0 Å². The second-order valence-corrected chi connectivity index (χ2v) is 10.8. The van der Waals surface area contributed by atoms with Gasteiger partial charge in [0.25, 0.3) is 11.1 Å². The fourth-order valence-corrected chi connectivity index (χ4v) is 5.41. The lowest BCUT2D eigenvalue weighted by atomic mass is 9.83. The summed E-state index contributed by atoms with van der Waals surface area (Å²) < 4.78 is 6.14. The SMILES string of the molecule is Cc1ccc(-c2[nH][nH]c(=O)c2C(c2cccc(OCc3ccccc3Cl)c2)c2c(-c3ccc(C)cc3)[nH][nH]c2=O)cc1. The van der Waals surface area contributed by atoms with Crippen LogP contribution in [0, 0.1) is 13.8 Å². The van der Waals surface area contributed by atoms with Gasteiger partial charge in [-0.15, -0.1) is 0 Å². The topological polar surface area (TPSA) is 107 Å². The summed E-state index contributed by atoms with van der Waals surface area (Å²) in [7, 11) is 0. The minimum Gasteiger partial charge on any atom is -0.489 e. The molecule has 210 valence electrons. The van der Waals surface area contributed by atoms with Crippen LogP contribution in [0.15, 0.2) is 107 Å². The normalized spacial score (nSPS) is 11.2. The molecule has 0 amide bonds. The number of aromatic nitrogens is 4. The molecule has 6 aromatic rings. The first-order chi connectivity index (χ1) is 20.4. The third kappa shape index (κ3) is 5.34. The zero-order valence-electron chi connectivity index (χ0n) is 23.1. The van der Waals surface area contributed by atoms with Gasteiger partial charge in [0, 0.05) is 16.5 Å². The molecular weight excluding hydrogens is 548 g/mol. The minimum absolute atomic E-state index is 0.270. The van der Waals surface area contributed by atoms with Gasteiger partial charge in [-0.1, -0.05) is 102 Å². The predicted octanol–water partition coefficient (Wildman–Crippen LogP) is 7.08. The summed E-state index contributed by atoms with van der Waals surface area (Å²) in [6.45, 7) is 4.29. The second-order valence-electron chi connectivity index (χ2n) is 10.4. The van der Waals surface area contributed by atoms with Crippen LogP contribution in [0.1, 0.15) is 39.3 Å². The van der Waals surface area contributed by atoms with Gasteiger partial charge < -0.3 is 4.74 Å². The Bertz CT molecular complexity index is 1870. The number of H-pyrrole nitrogens is 4. The predicted molar refractivity (Wildman–Crippen MR) is 166 cm³/mol. The molecule has 8 heteroatoms. The van der Waals surface area contributed by atoms with E-state index in [4.69, 9.17) is 16.3 Å². The zero-order chi connectivity index (χ0) is 29.2. The third-order valence-electron chi connectivity index (χ3n) is 7.43. The number of halogens is 1. The first-order valence-electron chi connectivity index (χ1n) is 13.6. The third-order valence-corrected chi connectivity index (χ3v) is 7.80. The molecule has 6 rings (SSSR count). The molecule has 4 aromatic carbocycles. The Labute approximate surface area is 247 Å². The second kappa shape index (κ2) is 11.5. The quantitative estimate of drug-likeness (QED) is 0.155. The van der Waals surface area contributed by atoms with Crippen LogP contribution >= 0.6 is 11.6 Å². The standard InChI is InChI=1S/C34H29ClN4O3/c1-20-10-14-22(15-11-20)31-29(33(40)38-36-31)28(30-32(37-39-34(30)41)23-16-12-21(2)13-17-23)24-7-5-8-26(18-24)42-19-25-6-3-4-9-27(25)35/h3-18,28H,19H2,1-2H3,(H2,36,38,40)(H2,37,39,41). The Morgan fingerprint density at radius 2 is 1.21 bits per heavy atom. The van der Waals surface area contributed by atoms with Crippen LogP contribution < -0.4 is 15.9 Å². The summed E-state index contributed by atoms with van der Waals surface area (Å²) in [4.78, 5) is 27.1. The average Bonchev–Trinajstić information content (AvgIpc) is 3.57. The number of aryl methyl sites for hydroxylation is 2. The highest BCUT2D eigenvalue weighted by atomic mass is 35.5. The molecule has 2 heterocycles. The van der Waals surface area contributed by atoms with E-state index in [1.807, 2.05) is 111 Å². The molecule has 4 N–H and O–H groups in total. The van der Waals surface area contributed by atoms with Gasteiger partial charge in [-0.05, 0) is 48.7 Å². The van der Waals surface area contributed by atoms with Gasteiger partial charge in [0.05, 0.1) is 22.5 Å². The van der Waals surface area contributed by atoms with E-state index < -0.39 is 5.92 Å². The van der Waals surface area contributed by atoms with Crippen molar-refractivity contribution in [3.8, 4) is 28.3 Å². The van der Waals surface area contributed by atoms with Crippen molar-refractivity contribution in [3.05, 3.63) is 156 Å². The molecule has 0 radical (unpaired) electrons. The summed E-state index contributed by atoms with van der Waals surface area (Å²) in [5.41, 5.74) is 6.90. The van der Waals surface area contributed by atoms with Gasteiger partial charge in [-0.3, -0.25) is 30.0 Å². The van der Waals surface area contributed by atoms with Crippen molar-refractivity contribution < 1.29 is 4.74 Å². The van der Waals surface area contributed by atoms with Crippen LogP contribution in [-0.4, -0.2) is 20.4 Å². The van der Waals surface area contributed by atoms with E-state index in [1.165, 1.54) is 0 Å². The maximum Gasteiger partial charge on any atom is 0.268 e. The molecule has 0 saturated carbocycles. The molecule has 0 aliphatic rings. The van der Waals surface area contributed by atoms with Crippen molar-refractivity contribution in [2.24, 2.45) is 0 Å². The van der Waals surface area contributed by atoms with E-state index in [2.05, 4.69) is 20.4 Å². The summed E-state index contributed by atoms with van der Waals surface area (Å²) in [6, 6.07) is 30.8. The van der Waals surface area contributed by atoms with E-state index in [0.29, 0.717) is 33.3 Å². The van der Waals surface area contributed by atoms with Gasteiger partial charge in [0.2, 0.25) is 0 Å². The molecule has 42 heavy (non-hydrogen) atoms. The van der Waals surface area contributed by atoms with Gasteiger partial charge in [0.1, 0.15) is 12.4 Å². The highest BCUT2D eigenvalue weighted by molar-refractivity contribution is 6.31. The first-order valence-corrected chi connectivity index (χ1v) is 14.0. The molecule has 0 unspecified atom stereocenters. The van der Waals surface area contributed by atoms with Crippen LogP contribution in [0.3, 0.4) is 0 Å². The summed E-state index contributed by atoms with van der Waals surface area (Å²) in [6.07, 6.45) is 0. The lowest BCUT2D eigenvalue weighted by molar-refractivity contribution is 0.306. The zero-order valence-corrected chi connectivity index (χ0v) is 23.9. The van der Waals surface area contributed by atoms with Gasteiger partial charge in [-0.25, -0.2) is 0 Å². The number of rotatable bonds is 8. The Balaban J connectivity index is 1.52. The molecule has 0 bridgehead atoms. The maximum absolute atomic E-state index is 13.6. The Kier molecular flexibility index (Phi) is 7.42. The van der Waals surface area contributed by atoms with Crippen molar-refractivity contribution in [1.82, 2.24) is 20.4 Å². The Hall–Kier alpha value is -5.01. The van der Waals surface area contributed by atoms with Crippen molar-refractivity contribution in [1.29, 1.82) is 0 Å². The highest BCUT2D eigenvalue weighted by Crippen LogP contribution is 2.38. The molecule has 7 nitrogen and oxygen atoms in total. The number of nitrogens with one attached hydrogen (secondary N) is 4. The van der Waals surface area contributed by atoms with Crippen LogP contribution in [0.25, 0.3) is 22.5 Å². The summed E-state index contributed by atoms with van der Waals surface area (Å²) >= 11 is 6.35. The molecule has 0 fully saturated rings. The monoisotopic (exact) mass is 576 g/mol. The average molecular weight is 577 g/mol. The Morgan fingerprint density at radius 3 is 1.76 bits per heavy atom. The molecule has 0 atom stereocenters. The van der Waals surface area contributed by atoms with Crippen LogP contribution in [-0.2, 0) is 6.61 Å². The number of benzene rings is 4. The molecular formula is C34H29ClN4O3. The van der Waals surface area contributed by atoms with E-state index in [0.717, 1.165) is 33.4 Å². The molecule has 0 saturated heterocycles. The molecule has 0 aliphatic heterocycles. The first kappa shape index (κ1) is 27.2. The fourth-order valence-electron chi connectivity index (χ4n) is 5.22. The lowest BCUT2D eigenvalue weighted by Crippen LogP contribution is -2.20. The van der Waals surface area contributed by atoms with Crippen molar-refractivity contribution >= 4 is 11.6 Å². The van der Waals surface area contributed by atoms with Crippen molar-refractivity contribution in [3.63, 3.8) is 0 Å². The van der Waals surface area contributed by atoms with Crippen LogP contribution in [0.5, 0.6) is 5.75 Å². The van der Waals surface area contributed by atoms with Crippen LogP contribution in [0.2, 0.25) is 5.02 Å². The smallest absolute Gasteiger partial charge is 0.268 e. The minimum atomic E-state index is -0.730. The van der Waals surface area contributed by atoms with Gasteiger partial charge in [0.15, 0.2) is 0 Å². The summed E-state index contributed by atoms with van der Waals surface area (Å²) in [5, 5.41) is 12.3. The van der Waals surface area contributed by atoms with Gasteiger partial charge >= 0.3 is 0 Å². The maximum atomic E-state index is 13.6.